The van der Waals surface area contributed by atoms with Crippen molar-refractivity contribution >= 4 is 17.6 Å². The zero-order valence-electron chi connectivity index (χ0n) is 15.3. The minimum absolute atomic E-state index is 0.192. The summed E-state index contributed by atoms with van der Waals surface area (Å²) in [6.07, 6.45) is 0.512. The Balaban J connectivity index is 2.24. The molecule has 136 valence electrons. The summed E-state index contributed by atoms with van der Waals surface area (Å²) in [7, 11) is 1.34. The van der Waals surface area contributed by atoms with E-state index in [2.05, 4.69) is 0 Å². The SMILES string of the molecule is COC(=O)c1ccc(C2=CC(O)CN(C(=O)OC(C)(C)C)C2)c(C)c1. The zero-order chi connectivity index (χ0) is 18.8. The number of β-amino-alcohol motifs (C(OH)–C–C–N with tert-alkyl or cyclic N) is 1. The van der Waals surface area contributed by atoms with E-state index < -0.39 is 23.8 Å². The molecule has 1 heterocycles. The molecule has 0 fully saturated rings. The average molecular weight is 347 g/mol. The van der Waals surface area contributed by atoms with Gasteiger partial charge in [-0.3, -0.25) is 0 Å². The first-order valence-electron chi connectivity index (χ1n) is 8.16. The lowest BCUT2D eigenvalue weighted by atomic mass is 9.95. The largest absolute Gasteiger partial charge is 0.465 e. The van der Waals surface area contributed by atoms with Crippen molar-refractivity contribution < 1.29 is 24.2 Å². The molecule has 6 nitrogen and oxygen atoms in total. The fraction of sp³-hybridized carbons (Fsp3) is 0.474. The third-order valence-corrected chi connectivity index (χ3v) is 3.81. The Morgan fingerprint density at radius 1 is 1.28 bits per heavy atom. The number of carbonyl (C=O) groups is 2. The topological polar surface area (TPSA) is 76.1 Å². The predicted molar refractivity (Wildman–Crippen MR) is 94.3 cm³/mol. The van der Waals surface area contributed by atoms with Crippen molar-refractivity contribution in [2.45, 2.75) is 39.4 Å². The number of carbonyl (C=O) groups excluding carboxylic acids is 2. The molecule has 0 saturated heterocycles. The van der Waals surface area contributed by atoms with E-state index in [9.17, 15) is 14.7 Å². The molecule has 1 unspecified atom stereocenters. The number of nitrogens with zero attached hydrogens (tertiary/aromatic N) is 1. The minimum atomic E-state index is -0.768. The highest BCUT2D eigenvalue weighted by molar-refractivity contribution is 5.90. The molecule has 1 amide bonds. The minimum Gasteiger partial charge on any atom is -0.465 e. The lowest BCUT2D eigenvalue weighted by Gasteiger charge is -2.32. The summed E-state index contributed by atoms with van der Waals surface area (Å²) in [5.74, 6) is -0.400. The van der Waals surface area contributed by atoms with Gasteiger partial charge in [0.05, 0.1) is 25.3 Å². The molecule has 2 rings (SSSR count). The first kappa shape index (κ1) is 19.0. The molecule has 0 radical (unpaired) electrons. The van der Waals surface area contributed by atoms with Crippen LogP contribution in [-0.2, 0) is 9.47 Å². The molecule has 1 aliphatic heterocycles. The van der Waals surface area contributed by atoms with Gasteiger partial charge in [-0.15, -0.1) is 0 Å². The van der Waals surface area contributed by atoms with Crippen LogP contribution in [0, 0.1) is 6.92 Å². The first-order chi connectivity index (χ1) is 11.6. The number of rotatable bonds is 2. The van der Waals surface area contributed by atoms with E-state index in [0.717, 1.165) is 16.7 Å². The third kappa shape index (κ3) is 4.82. The van der Waals surface area contributed by atoms with Gasteiger partial charge in [0.25, 0.3) is 0 Å². The molecule has 0 saturated carbocycles. The highest BCUT2D eigenvalue weighted by Gasteiger charge is 2.28. The maximum absolute atomic E-state index is 12.3. The van der Waals surface area contributed by atoms with Gasteiger partial charge in [-0.05, 0) is 62.6 Å². The van der Waals surface area contributed by atoms with Gasteiger partial charge in [-0.1, -0.05) is 6.07 Å². The maximum atomic E-state index is 12.3. The van der Waals surface area contributed by atoms with Crippen molar-refractivity contribution in [3.63, 3.8) is 0 Å². The van der Waals surface area contributed by atoms with Crippen LogP contribution in [0.4, 0.5) is 4.79 Å². The Kier molecular flexibility index (Phi) is 5.52. The van der Waals surface area contributed by atoms with Crippen molar-refractivity contribution in [3.05, 3.63) is 41.0 Å². The molecule has 0 aliphatic carbocycles. The van der Waals surface area contributed by atoms with Crippen LogP contribution >= 0.6 is 0 Å². The van der Waals surface area contributed by atoms with Crippen molar-refractivity contribution in [1.29, 1.82) is 0 Å². The van der Waals surface area contributed by atoms with Gasteiger partial charge in [0.15, 0.2) is 0 Å². The molecule has 1 aromatic carbocycles. The maximum Gasteiger partial charge on any atom is 0.410 e. The smallest absolute Gasteiger partial charge is 0.410 e. The molecule has 1 aliphatic rings. The van der Waals surface area contributed by atoms with Gasteiger partial charge >= 0.3 is 12.1 Å². The number of amides is 1. The second kappa shape index (κ2) is 7.27. The number of aryl methyl sites for hydroxylation is 1. The number of hydrogen-bond donors (Lipinski definition) is 1. The van der Waals surface area contributed by atoms with Crippen LogP contribution in [-0.4, -0.2) is 54.0 Å². The zero-order valence-corrected chi connectivity index (χ0v) is 15.3. The van der Waals surface area contributed by atoms with Crippen LogP contribution in [0.15, 0.2) is 24.3 Å². The number of aliphatic hydroxyl groups is 1. The van der Waals surface area contributed by atoms with Gasteiger partial charge in [0.2, 0.25) is 0 Å². The molecular weight excluding hydrogens is 322 g/mol. The van der Waals surface area contributed by atoms with Crippen LogP contribution < -0.4 is 0 Å². The molecular formula is C19H25NO5. The van der Waals surface area contributed by atoms with Gasteiger partial charge in [0.1, 0.15) is 5.60 Å². The number of benzene rings is 1. The summed E-state index contributed by atoms with van der Waals surface area (Å²) in [5.41, 5.74) is 2.43. The highest BCUT2D eigenvalue weighted by atomic mass is 16.6. The Hall–Kier alpha value is -2.34. The Labute approximate surface area is 148 Å². The Morgan fingerprint density at radius 3 is 2.52 bits per heavy atom. The first-order valence-corrected chi connectivity index (χ1v) is 8.16. The van der Waals surface area contributed by atoms with Crippen molar-refractivity contribution in [2.75, 3.05) is 20.2 Å². The van der Waals surface area contributed by atoms with Crippen LogP contribution in [0.1, 0.15) is 42.3 Å². The van der Waals surface area contributed by atoms with E-state index in [0.29, 0.717) is 12.1 Å². The van der Waals surface area contributed by atoms with Crippen LogP contribution in [0.5, 0.6) is 0 Å². The van der Waals surface area contributed by atoms with Crippen molar-refractivity contribution in [1.82, 2.24) is 4.90 Å². The summed E-state index contributed by atoms with van der Waals surface area (Å²) in [5, 5.41) is 10.1. The Bertz CT molecular complexity index is 702. The van der Waals surface area contributed by atoms with Gasteiger partial charge in [-0.25, -0.2) is 9.59 Å². The van der Waals surface area contributed by atoms with E-state index >= 15 is 0 Å². The van der Waals surface area contributed by atoms with Crippen LogP contribution in [0.3, 0.4) is 0 Å². The molecule has 6 heteroatoms. The molecule has 1 N–H and O–H groups in total. The van der Waals surface area contributed by atoms with Gasteiger partial charge < -0.3 is 19.5 Å². The second-order valence-electron chi connectivity index (χ2n) is 7.14. The van der Waals surface area contributed by atoms with E-state index in [1.165, 1.54) is 12.0 Å². The standard InChI is InChI=1S/C19H25NO5/c1-12-8-13(17(22)24-5)6-7-16(12)14-9-15(21)11-20(10-14)18(23)25-19(2,3)4/h6-9,15,21H,10-11H2,1-5H3. The monoisotopic (exact) mass is 347 g/mol. The second-order valence-corrected chi connectivity index (χ2v) is 7.14. The number of methoxy groups -OCH3 is 1. The fourth-order valence-electron chi connectivity index (χ4n) is 2.74. The van der Waals surface area contributed by atoms with Crippen molar-refractivity contribution in [3.8, 4) is 0 Å². The molecule has 25 heavy (non-hydrogen) atoms. The van der Waals surface area contributed by atoms with E-state index in [-0.39, 0.29) is 6.54 Å². The summed E-state index contributed by atoms with van der Waals surface area (Å²) < 4.78 is 10.1. The molecule has 0 aromatic heterocycles. The summed E-state index contributed by atoms with van der Waals surface area (Å²) in [6.45, 7) is 7.82. The van der Waals surface area contributed by atoms with Crippen molar-refractivity contribution in [2.24, 2.45) is 0 Å². The van der Waals surface area contributed by atoms with E-state index in [1.54, 1.807) is 45.0 Å². The molecule has 1 aromatic rings. The molecule has 0 spiro atoms. The number of hydrogen-bond acceptors (Lipinski definition) is 5. The van der Waals surface area contributed by atoms with Gasteiger partial charge in [-0.2, -0.15) is 0 Å². The number of ether oxygens (including phenoxy) is 2. The molecule has 0 bridgehead atoms. The lowest BCUT2D eigenvalue weighted by molar-refractivity contribution is 0.0196. The van der Waals surface area contributed by atoms with Gasteiger partial charge in [0, 0.05) is 6.54 Å². The van der Waals surface area contributed by atoms with Crippen LogP contribution in [0.2, 0.25) is 0 Å². The van der Waals surface area contributed by atoms with E-state index in [1.807, 2.05) is 6.92 Å². The summed E-state index contributed by atoms with van der Waals surface area (Å²) in [6, 6.07) is 5.22. The number of esters is 1. The summed E-state index contributed by atoms with van der Waals surface area (Å²) in [4.78, 5) is 25.4. The predicted octanol–water partition coefficient (Wildman–Crippen LogP) is 2.78. The fourth-order valence-corrected chi connectivity index (χ4v) is 2.74. The summed E-state index contributed by atoms with van der Waals surface area (Å²) >= 11 is 0. The third-order valence-electron chi connectivity index (χ3n) is 3.81. The Morgan fingerprint density at radius 2 is 1.96 bits per heavy atom. The van der Waals surface area contributed by atoms with Crippen LogP contribution in [0.25, 0.3) is 5.57 Å². The number of aliphatic hydroxyl groups excluding tert-OH is 1. The average Bonchev–Trinajstić information content (AvgIpc) is 2.51. The van der Waals surface area contributed by atoms with E-state index in [4.69, 9.17) is 9.47 Å². The normalized spacial score (nSPS) is 17.8. The lowest BCUT2D eigenvalue weighted by Crippen LogP contribution is -2.43. The molecule has 1 atom stereocenters. The highest BCUT2D eigenvalue weighted by Crippen LogP contribution is 2.26. The quantitative estimate of drug-likeness (QED) is 0.833.